The van der Waals surface area contributed by atoms with Crippen LogP contribution in [0.25, 0.3) is 11.3 Å². The van der Waals surface area contributed by atoms with Crippen LogP contribution in [0.5, 0.6) is 0 Å². The molecule has 6 heteroatoms. The van der Waals surface area contributed by atoms with Crippen molar-refractivity contribution in [3.8, 4) is 11.3 Å². The molecule has 1 aromatic heterocycles. The summed E-state index contributed by atoms with van der Waals surface area (Å²) in [5.41, 5.74) is 1.34. The molecule has 0 radical (unpaired) electrons. The predicted molar refractivity (Wildman–Crippen MR) is 75.7 cm³/mol. The van der Waals surface area contributed by atoms with Crippen LogP contribution in [-0.4, -0.2) is 28.2 Å². The maximum absolute atomic E-state index is 12.0. The van der Waals surface area contributed by atoms with E-state index >= 15 is 0 Å². The Labute approximate surface area is 121 Å². The van der Waals surface area contributed by atoms with Gasteiger partial charge in [0.25, 0.3) is 5.91 Å². The molecule has 0 fully saturated rings. The van der Waals surface area contributed by atoms with E-state index in [1.807, 2.05) is 30.3 Å². The Bertz CT molecular complexity index is 634. The van der Waals surface area contributed by atoms with Gasteiger partial charge in [-0.1, -0.05) is 49.3 Å². The first-order chi connectivity index (χ1) is 9.99. The molecule has 110 valence electrons. The molecule has 1 aromatic carbocycles. The van der Waals surface area contributed by atoms with E-state index in [0.717, 1.165) is 5.56 Å². The number of aromatic nitrogens is 1. The summed E-state index contributed by atoms with van der Waals surface area (Å²) in [5, 5.41) is 15.3. The molecule has 2 rings (SSSR count). The highest BCUT2D eigenvalue weighted by Gasteiger charge is 2.25. The second-order valence-corrected chi connectivity index (χ2v) is 4.98. The molecule has 2 aromatic rings. The number of carbonyl (C=O) groups is 2. The number of hydrogen-bond acceptors (Lipinski definition) is 4. The van der Waals surface area contributed by atoms with Crippen molar-refractivity contribution < 1.29 is 19.2 Å². The smallest absolute Gasteiger partial charge is 0.326 e. The fraction of sp³-hybridized carbons (Fsp3) is 0.267. The summed E-state index contributed by atoms with van der Waals surface area (Å²) in [6.45, 7) is 3.43. The Balaban J connectivity index is 2.14. The number of rotatable bonds is 5. The number of amides is 1. The van der Waals surface area contributed by atoms with Gasteiger partial charge >= 0.3 is 5.97 Å². The molecule has 21 heavy (non-hydrogen) atoms. The molecular weight excluding hydrogens is 272 g/mol. The van der Waals surface area contributed by atoms with E-state index in [0.29, 0.717) is 5.69 Å². The van der Waals surface area contributed by atoms with E-state index < -0.39 is 17.9 Å². The highest BCUT2D eigenvalue weighted by atomic mass is 16.5. The molecule has 0 unspecified atom stereocenters. The molecule has 0 saturated carbocycles. The van der Waals surface area contributed by atoms with Crippen LogP contribution in [0.15, 0.2) is 40.9 Å². The summed E-state index contributed by atoms with van der Waals surface area (Å²) < 4.78 is 4.99. The van der Waals surface area contributed by atoms with Crippen LogP contribution in [0.2, 0.25) is 0 Å². The van der Waals surface area contributed by atoms with Crippen molar-refractivity contribution in [1.29, 1.82) is 0 Å². The van der Waals surface area contributed by atoms with Gasteiger partial charge in [-0.15, -0.1) is 0 Å². The number of hydrogen-bond donors (Lipinski definition) is 2. The lowest BCUT2D eigenvalue weighted by Crippen LogP contribution is -2.44. The average Bonchev–Trinajstić information content (AvgIpc) is 2.94. The second-order valence-electron chi connectivity index (χ2n) is 4.98. The highest BCUT2D eigenvalue weighted by Crippen LogP contribution is 2.18. The lowest BCUT2D eigenvalue weighted by molar-refractivity contribution is -0.140. The van der Waals surface area contributed by atoms with Crippen LogP contribution in [-0.2, 0) is 4.79 Å². The Kier molecular flexibility index (Phi) is 4.37. The van der Waals surface area contributed by atoms with Gasteiger partial charge in [-0.05, 0) is 5.92 Å². The molecule has 0 aliphatic rings. The number of nitrogens with one attached hydrogen (secondary N) is 1. The first kappa shape index (κ1) is 14.8. The second kappa shape index (κ2) is 6.21. The molecule has 0 spiro atoms. The van der Waals surface area contributed by atoms with Gasteiger partial charge in [0.2, 0.25) is 5.76 Å². The maximum atomic E-state index is 12.0. The fourth-order valence-corrected chi connectivity index (χ4v) is 1.85. The Hall–Kier alpha value is -2.63. The van der Waals surface area contributed by atoms with Crippen molar-refractivity contribution in [3.63, 3.8) is 0 Å². The summed E-state index contributed by atoms with van der Waals surface area (Å²) >= 11 is 0. The van der Waals surface area contributed by atoms with Crippen LogP contribution < -0.4 is 5.32 Å². The van der Waals surface area contributed by atoms with Gasteiger partial charge in [0.15, 0.2) is 0 Å². The normalized spacial score (nSPS) is 12.1. The van der Waals surface area contributed by atoms with Crippen LogP contribution in [0.3, 0.4) is 0 Å². The number of carboxylic acids is 1. The van der Waals surface area contributed by atoms with Gasteiger partial charge in [-0.3, -0.25) is 4.79 Å². The number of nitrogens with zero attached hydrogens (tertiary/aromatic N) is 1. The van der Waals surface area contributed by atoms with E-state index in [-0.39, 0.29) is 11.7 Å². The maximum Gasteiger partial charge on any atom is 0.326 e. The number of carbonyl (C=O) groups excluding carboxylic acids is 1. The highest BCUT2D eigenvalue weighted by molar-refractivity contribution is 5.95. The van der Waals surface area contributed by atoms with Crippen LogP contribution in [0.1, 0.15) is 24.4 Å². The largest absolute Gasteiger partial charge is 0.480 e. The first-order valence-corrected chi connectivity index (χ1v) is 6.55. The van der Waals surface area contributed by atoms with Gasteiger partial charge in [0.05, 0.1) is 0 Å². The first-order valence-electron chi connectivity index (χ1n) is 6.55. The quantitative estimate of drug-likeness (QED) is 0.879. The molecule has 0 saturated heterocycles. The zero-order chi connectivity index (χ0) is 15.4. The van der Waals surface area contributed by atoms with E-state index in [9.17, 15) is 9.59 Å². The third-order valence-electron chi connectivity index (χ3n) is 3.02. The molecule has 0 aliphatic heterocycles. The Morgan fingerprint density at radius 1 is 1.24 bits per heavy atom. The van der Waals surface area contributed by atoms with Crippen molar-refractivity contribution in [2.45, 2.75) is 19.9 Å². The van der Waals surface area contributed by atoms with E-state index in [1.165, 1.54) is 6.07 Å². The fourth-order valence-electron chi connectivity index (χ4n) is 1.85. The molecule has 1 amide bonds. The van der Waals surface area contributed by atoms with Crippen LogP contribution in [0.4, 0.5) is 0 Å². The monoisotopic (exact) mass is 288 g/mol. The third-order valence-corrected chi connectivity index (χ3v) is 3.02. The topological polar surface area (TPSA) is 92.4 Å². The average molecular weight is 288 g/mol. The zero-order valence-corrected chi connectivity index (χ0v) is 11.7. The summed E-state index contributed by atoms with van der Waals surface area (Å²) in [6, 6.07) is 9.77. The number of benzene rings is 1. The van der Waals surface area contributed by atoms with Crippen LogP contribution >= 0.6 is 0 Å². The van der Waals surface area contributed by atoms with Gasteiger partial charge in [0, 0.05) is 11.6 Å². The van der Waals surface area contributed by atoms with E-state index in [2.05, 4.69) is 10.5 Å². The van der Waals surface area contributed by atoms with E-state index in [4.69, 9.17) is 9.63 Å². The van der Waals surface area contributed by atoms with Gasteiger partial charge in [-0.2, -0.15) is 0 Å². The predicted octanol–water partition coefficient (Wildman–Crippen LogP) is 2.18. The van der Waals surface area contributed by atoms with Crippen molar-refractivity contribution in [2.24, 2.45) is 5.92 Å². The molecule has 6 nitrogen and oxygen atoms in total. The minimum absolute atomic E-state index is 0.0132. The third kappa shape index (κ3) is 3.47. The van der Waals surface area contributed by atoms with Gasteiger partial charge < -0.3 is 14.9 Å². The van der Waals surface area contributed by atoms with E-state index in [1.54, 1.807) is 13.8 Å². The SMILES string of the molecule is CC(C)[C@H](NC(=O)c1cc(-c2ccccc2)no1)C(=O)O. The molecule has 1 atom stereocenters. The number of aliphatic carboxylic acids is 1. The van der Waals surface area contributed by atoms with Crippen molar-refractivity contribution >= 4 is 11.9 Å². The molecule has 0 bridgehead atoms. The summed E-state index contributed by atoms with van der Waals surface area (Å²) in [4.78, 5) is 23.1. The minimum Gasteiger partial charge on any atom is -0.480 e. The minimum atomic E-state index is -1.08. The summed E-state index contributed by atoms with van der Waals surface area (Å²) in [6.07, 6.45) is 0. The standard InChI is InChI=1S/C15H16N2O4/c1-9(2)13(15(19)20)16-14(18)12-8-11(17-21-12)10-6-4-3-5-7-10/h3-9,13H,1-2H3,(H,16,18)(H,19,20)/t13-/m0/s1. The Morgan fingerprint density at radius 3 is 2.48 bits per heavy atom. The summed E-state index contributed by atoms with van der Waals surface area (Å²) in [7, 11) is 0. The van der Waals surface area contributed by atoms with Crippen molar-refractivity contribution in [1.82, 2.24) is 10.5 Å². The van der Waals surface area contributed by atoms with Crippen molar-refractivity contribution in [3.05, 3.63) is 42.2 Å². The van der Waals surface area contributed by atoms with Gasteiger partial charge in [0.1, 0.15) is 11.7 Å². The molecule has 0 aliphatic carbocycles. The zero-order valence-electron chi connectivity index (χ0n) is 11.7. The van der Waals surface area contributed by atoms with Crippen molar-refractivity contribution in [2.75, 3.05) is 0 Å². The van der Waals surface area contributed by atoms with Crippen LogP contribution in [0, 0.1) is 5.92 Å². The lowest BCUT2D eigenvalue weighted by Gasteiger charge is -2.16. The molecular formula is C15H16N2O4. The number of carboxylic acid groups (broad SMARTS) is 1. The molecule has 1 heterocycles. The Morgan fingerprint density at radius 2 is 1.90 bits per heavy atom. The lowest BCUT2D eigenvalue weighted by atomic mass is 10.0. The van der Waals surface area contributed by atoms with Gasteiger partial charge in [-0.25, -0.2) is 4.79 Å². The summed E-state index contributed by atoms with van der Waals surface area (Å²) in [5.74, 6) is -1.92. The molecule has 2 N–H and O–H groups in total.